The normalized spacial score (nSPS) is 11.8. The molecule has 0 bridgehead atoms. The summed E-state index contributed by atoms with van der Waals surface area (Å²) < 4.78 is 0. The van der Waals surface area contributed by atoms with Gasteiger partial charge in [0, 0.05) is 0 Å². The van der Waals surface area contributed by atoms with E-state index in [0.717, 1.165) is 12.8 Å². The summed E-state index contributed by atoms with van der Waals surface area (Å²) in [4.78, 5) is 21.7. The Labute approximate surface area is 128 Å². The van der Waals surface area contributed by atoms with Crippen molar-refractivity contribution in [2.75, 3.05) is 0 Å². The maximum Gasteiger partial charge on any atom is 0.317 e. The number of unbranched alkanes of at least 4 members (excludes halogenated alkanes) is 1. The highest BCUT2D eigenvalue weighted by Crippen LogP contribution is 2.40. The van der Waals surface area contributed by atoms with E-state index < -0.39 is 17.9 Å². The summed E-state index contributed by atoms with van der Waals surface area (Å²) >= 11 is 0. The first-order chi connectivity index (χ1) is 9.92. The summed E-state index contributed by atoms with van der Waals surface area (Å²) in [7, 11) is 0. The first kappa shape index (κ1) is 19.9. The zero-order chi connectivity index (χ0) is 16.3. The highest BCUT2D eigenvalue weighted by atomic mass is 16.4. The molecule has 4 nitrogen and oxygen atoms in total. The molecule has 0 saturated carbocycles. The average Bonchev–Trinajstić information content (AvgIpc) is 2.38. The van der Waals surface area contributed by atoms with Crippen LogP contribution < -0.4 is 0 Å². The second-order valence-electron chi connectivity index (χ2n) is 6.22. The molecule has 0 amide bonds. The third-order valence-corrected chi connectivity index (χ3v) is 4.39. The van der Waals surface area contributed by atoms with Gasteiger partial charge >= 0.3 is 11.9 Å². The van der Waals surface area contributed by atoms with Crippen LogP contribution in [0.15, 0.2) is 0 Å². The van der Waals surface area contributed by atoms with E-state index >= 15 is 0 Å². The molecule has 0 unspecified atom stereocenters. The fourth-order valence-electron chi connectivity index (χ4n) is 3.54. The van der Waals surface area contributed by atoms with Gasteiger partial charge in [-0.05, 0) is 37.5 Å². The molecule has 0 fully saturated rings. The maximum atomic E-state index is 10.9. The molecule has 0 aromatic heterocycles. The molecule has 0 aromatic rings. The van der Waals surface area contributed by atoms with Gasteiger partial charge in [0.05, 0.1) is 0 Å². The van der Waals surface area contributed by atoms with Crippen LogP contribution in [0, 0.1) is 11.3 Å². The zero-order valence-electron chi connectivity index (χ0n) is 13.9. The maximum absolute atomic E-state index is 10.9. The topological polar surface area (TPSA) is 74.6 Å². The van der Waals surface area contributed by atoms with E-state index in [-0.39, 0.29) is 6.42 Å². The van der Waals surface area contributed by atoms with Crippen LogP contribution in [0.4, 0.5) is 0 Å². The van der Waals surface area contributed by atoms with Crippen molar-refractivity contribution < 1.29 is 19.8 Å². The summed E-state index contributed by atoms with van der Waals surface area (Å²) in [5, 5.41) is 17.7. The third-order valence-electron chi connectivity index (χ3n) is 4.39. The summed E-state index contributed by atoms with van der Waals surface area (Å²) in [6, 6.07) is 0. The van der Waals surface area contributed by atoms with E-state index in [2.05, 4.69) is 20.8 Å². The predicted octanol–water partition coefficient (Wildman–Crippen LogP) is 4.72. The first-order valence-electron chi connectivity index (χ1n) is 8.38. The standard InChI is InChI=1S/C17H32O4/c1-4-10-17(11-5-2,12-6-3)13-8-7-9-14(15(18)19)16(20)21/h14H,4-13H2,1-3H3,(H,18,19)(H,20,21). The summed E-state index contributed by atoms with van der Waals surface area (Å²) in [6.07, 6.45) is 10.1. The van der Waals surface area contributed by atoms with Gasteiger partial charge in [0.25, 0.3) is 0 Å². The van der Waals surface area contributed by atoms with Gasteiger partial charge in [-0.1, -0.05) is 52.9 Å². The van der Waals surface area contributed by atoms with Crippen molar-refractivity contribution in [3.63, 3.8) is 0 Å². The number of rotatable bonds is 13. The van der Waals surface area contributed by atoms with Crippen LogP contribution in [0.3, 0.4) is 0 Å². The largest absolute Gasteiger partial charge is 0.481 e. The van der Waals surface area contributed by atoms with Crippen molar-refractivity contribution in [2.45, 2.75) is 85.0 Å². The SMILES string of the molecule is CCCC(CCC)(CCC)CCCCC(C(=O)O)C(=O)O. The molecule has 0 saturated heterocycles. The average molecular weight is 300 g/mol. The number of hydrogen-bond acceptors (Lipinski definition) is 2. The van der Waals surface area contributed by atoms with Crippen LogP contribution in [0.5, 0.6) is 0 Å². The first-order valence-corrected chi connectivity index (χ1v) is 8.38. The van der Waals surface area contributed by atoms with Crippen LogP contribution in [0.1, 0.15) is 85.0 Å². The van der Waals surface area contributed by atoms with Crippen LogP contribution in [0.25, 0.3) is 0 Å². The predicted molar refractivity (Wildman–Crippen MR) is 84.4 cm³/mol. The van der Waals surface area contributed by atoms with E-state index in [1.807, 2.05) is 0 Å². The minimum atomic E-state index is -1.25. The van der Waals surface area contributed by atoms with Crippen molar-refractivity contribution >= 4 is 11.9 Å². The number of carboxylic acids is 2. The molecule has 0 aliphatic carbocycles. The molecule has 0 spiro atoms. The van der Waals surface area contributed by atoms with E-state index in [1.165, 1.54) is 38.5 Å². The Bertz CT molecular complexity index is 281. The van der Waals surface area contributed by atoms with E-state index in [1.54, 1.807) is 0 Å². The van der Waals surface area contributed by atoms with Crippen molar-refractivity contribution in [2.24, 2.45) is 11.3 Å². The summed E-state index contributed by atoms with van der Waals surface area (Å²) in [5.74, 6) is -3.68. The Morgan fingerprint density at radius 2 is 1.24 bits per heavy atom. The molecule has 0 heterocycles. The molecule has 0 aromatic carbocycles. The minimum absolute atomic E-state index is 0.241. The number of hydrogen-bond donors (Lipinski definition) is 2. The Balaban J connectivity index is 4.41. The van der Waals surface area contributed by atoms with Gasteiger partial charge < -0.3 is 10.2 Å². The fraction of sp³-hybridized carbons (Fsp3) is 0.882. The molecular formula is C17H32O4. The molecule has 0 atom stereocenters. The third kappa shape index (κ3) is 7.49. The number of aliphatic carboxylic acids is 2. The molecular weight excluding hydrogens is 268 g/mol. The molecule has 0 radical (unpaired) electrons. The smallest absolute Gasteiger partial charge is 0.317 e. The second kappa shape index (κ2) is 10.6. The molecule has 21 heavy (non-hydrogen) atoms. The van der Waals surface area contributed by atoms with E-state index in [4.69, 9.17) is 10.2 Å². The van der Waals surface area contributed by atoms with E-state index in [9.17, 15) is 9.59 Å². The van der Waals surface area contributed by atoms with Crippen molar-refractivity contribution in [1.82, 2.24) is 0 Å². The lowest BCUT2D eigenvalue weighted by Gasteiger charge is -2.34. The Kier molecular flexibility index (Phi) is 10.1. The summed E-state index contributed by atoms with van der Waals surface area (Å²) in [5.41, 5.74) is 0.375. The van der Waals surface area contributed by atoms with Gasteiger partial charge in [0.1, 0.15) is 0 Å². The van der Waals surface area contributed by atoms with Gasteiger partial charge in [-0.3, -0.25) is 9.59 Å². The van der Waals surface area contributed by atoms with Crippen LogP contribution in [-0.2, 0) is 9.59 Å². The lowest BCUT2D eigenvalue weighted by atomic mass is 9.72. The van der Waals surface area contributed by atoms with Gasteiger partial charge in [0.15, 0.2) is 5.92 Å². The zero-order valence-corrected chi connectivity index (χ0v) is 13.9. The van der Waals surface area contributed by atoms with Crippen molar-refractivity contribution in [1.29, 1.82) is 0 Å². The van der Waals surface area contributed by atoms with Crippen LogP contribution >= 0.6 is 0 Å². The molecule has 2 N–H and O–H groups in total. The van der Waals surface area contributed by atoms with Gasteiger partial charge in [-0.15, -0.1) is 0 Å². The van der Waals surface area contributed by atoms with Crippen LogP contribution in [0.2, 0.25) is 0 Å². The number of carbonyl (C=O) groups is 2. The Hall–Kier alpha value is -1.06. The number of carboxylic acid groups (broad SMARTS) is 2. The summed E-state index contributed by atoms with van der Waals surface area (Å²) in [6.45, 7) is 6.64. The Morgan fingerprint density at radius 1 is 0.810 bits per heavy atom. The Morgan fingerprint density at radius 3 is 1.57 bits per heavy atom. The molecule has 0 rings (SSSR count). The van der Waals surface area contributed by atoms with Crippen LogP contribution in [-0.4, -0.2) is 22.2 Å². The lowest BCUT2D eigenvalue weighted by molar-refractivity contribution is -0.154. The lowest BCUT2D eigenvalue weighted by Crippen LogP contribution is -2.24. The minimum Gasteiger partial charge on any atom is -0.481 e. The second-order valence-corrected chi connectivity index (χ2v) is 6.22. The van der Waals surface area contributed by atoms with Gasteiger partial charge in [0.2, 0.25) is 0 Å². The monoisotopic (exact) mass is 300 g/mol. The van der Waals surface area contributed by atoms with Gasteiger partial charge in [-0.2, -0.15) is 0 Å². The highest BCUT2D eigenvalue weighted by Gasteiger charge is 2.28. The van der Waals surface area contributed by atoms with Crippen molar-refractivity contribution in [3.05, 3.63) is 0 Å². The van der Waals surface area contributed by atoms with E-state index in [0.29, 0.717) is 11.8 Å². The quantitative estimate of drug-likeness (QED) is 0.381. The molecule has 0 aliphatic rings. The molecule has 124 valence electrons. The molecule has 0 aliphatic heterocycles. The van der Waals surface area contributed by atoms with Crippen molar-refractivity contribution in [3.8, 4) is 0 Å². The fourth-order valence-corrected chi connectivity index (χ4v) is 3.54. The molecule has 4 heteroatoms. The highest BCUT2D eigenvalue weighted by molar-refractivity contribution is 5.92. The van der Waals surface area contributed by atoms with Gasteiger partial charge in [-0.25, -0.2) is 0 Å².